The fraction of sp³-hybridized carbons (Fsp3) is 0.875. The van der Waals surface area contributed by atoms with Gasteiger partial charge in [0.05, 0.1) is 0 Å². The van der Waals surface area contributed by atoms with Gasteiger partial charge in [0.15, 0.2) is 5.78 Å². The van der Waals surface area contributed by atoms with Crippen LogP contribution in [0, 0.1) is 0 Å². The summed E-state index contributed by atoms with van der Waals surface area (Å²) < 4.78 is 5.18. The second kappa shape index (κ2) is 2.70. The largest absolute Gasteiger partial charge is 0.370 e. The number of carbonyl (C=O) groups excluding carboxylic acids is 1. The normalized spacial score (nSPS) is 21.8. The van der Waals surface area contributed by atoms with Crippen LogP contribution in [0.4, 0.5) is 0 Å². The molecule has 1 aliphatic carbocycles. The average Bonchev–Trinajstić information content (AvgIpc) is 1.86. The highest BCUT2D eigenvalue weighted by atomic mass is 16.5. The Morgan fingerprint density at radius 1 is 1.60 bits per heavy atom. The summed E-state index contributed by atoms with van der Waals surface area (Å²) in [6.45, 7) is 1.89. The molecule has 10 heavy (non-hydrogen) atoms. The van der Waals surface area contributed by atoms with Crippen LogP contribution in [-0.2, 0) is 9.53 Å². The highest BCUT2D eigenvalue weighted by Crippen LogP contribution is 2.36. The van der Waals surface area contributed by atoms with Crippen molar-refractivity contribution in [3.63, 3.8) is 0 Å². The molecule has 0 bridgehead atoms. The van der Waals surface area contributed by atoms with Crippen molar-refractivity contribution in [3.8, 4) is 0 Å². The summed E-state index contributed by atoms with van der Waals surface area (Å²) in [5.41, 5.74) is -0.366. The van der Waals surface area contributed by atoms with E-state index in [4.69, 9.17) is 4.74 Å². The minimum atomic E-state index is -0.366. The maximum atomic E-state index is 11.2. The van der Waals surface area contributed by atoms with E-state index in [2.05, 4.69) is 0 Å². The Kier molecular flexibility index (Phi) is 2.09. The number of ketones is 1. The molecule has 1 fully saturated rings. The quantitative estimate of drug-likeness (QED) is 0.597. The second-order valence-electron chi connectivity index (χ2n) is 2.83. The third-order valence-corrected chi connectivity index (χ3v) is 2.38. The Morgan fingerprint density at radius 2 is 2.20 bits per heavy atom. The summed E-state index contributed by atoms with van der Waals surface area (Å²) in [6, 6.07) is 0. The number of carbonyl (C=O) groups is 1. The van der Waals surface area contributed by atoms with Crippen molar-refractivity contribution in [1.82, 2.24) is 0 Å². The fourth-order valence-electron chi connectivity index (χ4n) is 1.42. The molecule has 0 atom stereocenters. The van der Waals surface area contributed by atoms with Crippen LogP contribution in [0.15, 0.2) is 0 Å². The monoisotopic (exact) mass is 142 g/mol. The molecule has 1 aliphatic rings. The summed E-state index contributed by atoms with van der Waals surface area (Å²) in [5, 5.41) is 0. The van der Waals surface area contributed by atoms with Gasteiger partial charge in [0.2, 0.25) is 0 Å². The van der Waals surface area contributed by atoms with Gasteiger partial charge in [0.25, 0.3) is 0 Å². The Balaban J connectivity index is 2.55. The van der Waals surface area contributed by atoms with Crippen LogP contribution in [0.2, 0.25) is 0 Å². The number of hydrogen-bond acceptors (Lipinski definition) is 2. The van der Waals surface area contributed by atoms with Crippen molar-refractivity contribution < 1.29 is 9.53 Å². The topological polar surface area (TPSA) is 26.3 Å². The summed E-state index contributed by atoms with van der Waals surface area (Å²) in [7, 11) is 1.63. The van der Waals surface area contributed by atoms with E-state index in [-0.39, 0.29) is 11.4 Å². The predicted octanol–water partition coefficient (Wildman–Crippen LogP) is 1.53. The standard InChI is InChI=1S/C8H14O2/c1-3-7(9)8(10-2)5-4-6-8/h3-6H2,1-2H3. The Hall–Kier alpha value is -0.370. The molecular weight excluding hydrogens is 128 g/mol. The summed E-state index contributed by atoms with van der Waals surface area (Å²) in [6.07, 6.45) is 3.60. The molecule has 2 heteroatoms. The van der Waals surface area contributed by atoms with Crippen LogP contribution < -0.4 is 0 Å². The first-order chi connectivity index (χ1) is 4.75. The Morgan fingerprint density at radius 3 is 2.30 bits per heavy atom. The highest BCUT2D eigenvalue weighted by Gasteiger charge is 2.42. The second-order valence-corrected chi connectivity index (χ2v) is 2.83. The van der Waals surface area contributed by atoms with Crippen LogP contribution in [-0.4, -0.2) is 18.5 Å². The van der Waals surface area contributed by atoms with Gasteiger partial charge in [-0.3, -0.25) is 4.79 Å². The van der Waals surface area contributed by atoms with Crippen LogP contribution in [0.1, 0.15) is 32.6 Å². The molecular formula is C8H14O2. The van der Waals surface area contributed by atoms with Crippen molar-refractivity contribution in [2.45, 2.75) is 38.2 Å². The molecule has 0 radical (unpaired) electrons. The van der Waals surface area contributed by atoms with Gasteiger partial charge in [0.1, 0.15) is 5.60 Å². The lowest BCUT2D eigenvalue weighted by atomic mass is 9.76. The molecule has 0 spiro atoms. The fourth-order valence-corrected chi connectivity index (χ4v) is 1.42. The highest BCUT2D eigenvalue weighted by molar-refractivity contribution is 5.87. The zero-order chi connectivity index (χ0) is 7.61. The third kappa shape index (κ3) is 0.966. The van der Waals surface area contributed by atoms with E-state index >= 15 is 0 Å². The maximum absolute atomic E-state index is 11.2. The van der Waals surface area contributed by atoms with Gasteiger partial charge in [-0.05, 0) is 19.3 Å². The number of ether oxygens (including phenoxy) is 1. The zero-order valence-electron chi connectivity index (χ0n) is 6.64. The van der Waals surface area contributed by atoms with E-state index in [1.54, 1.807) is 7.11 Å². The summed E-state index contributed by atoms with van der Waals surface area (Å²) in [5.74, 6) is 0.265. The van der Waals surface area contributed by atoms with Crippen molar-refractivity contribution >= 4 is 5.78 Å². The van der Waals surface area contributed by atoms with Crippen molar-refractivity contribution in [2.24, 2.45) is 0 Å². The van der Waals surface area contributed by atoms with Crippen LogP contribution in [0.25, 0.3) is 0 Å². The number of Topliss-reactive ketones (excluding diaryl/α,β-unsaturated/α-hetero) is 1. The average molecular weight is 142 g/mol. The van der Waals surface area contributed by atoms with Crippen LogP contribution in [0.3, 0.4) is 0 Å². The third-order valence-electron chi connectivity index (χ3n) is 2.38. The van der Waals surface area contributed by atoms with E-state index in [0.29, 0.717) is 6.42 Å². The van der Waals surface area contributed by atoms with E-state index in [1.807, 2.05) is 6.92 Å². The molecule has 1 rings (SSSR count). The molecule has 1 saturated carbocycles. The van der Waals surface area contributed by atoms with E-state index in [0.717, 1.165) is 19.3 Å². The summed E-state index contributed by atoms with van der Waals surface area (Å²) >= 11 is 0. The number of rotatable bonds is 3. The van der Waals surface area contributed by atoms with Gasteiger partial charge in [-0.2, -0.15) is 0 Å². The molecule has 0 saturated heterocycles. The van der Waals surface area contributed by atoms with Crippen molar-refractivity contribution in [2.75, 3.05) is 7.11 Å². The first kappa shape index (κ1) is 7.73. The van der Waals surface area contributed by atoms with Gasteiger partial charge in [0, 0.05) is 13.5 Å². The van der Waals surface area contributed by atoms with Gasteiger partial charge in [-0.15, -0.1) is 0 Å². The number of hydrogen-bond donors (Lipinski definition) is 0. The van der Waals surface area contributed by atoms with Crippen LogP contribution >= 0.6 is 0 Å². The van der Waals surface area contributed by atoms with Crippen LogP contribution in [0.5, 0.6) is 0 Å². The minimum Gasteiger partial charge on any atom is -0.370 e. The number of methoxy groups -OCH3 is 1. The van der Waals surface area contributed by atoms with Crippen molar-refractivity contribution in [1.29, 1.82) is 0 Å². The molecule has 0 aromatic carbocycles. The SMILES string of the molecule is CCC(=O)C1(OC)CCC1. The molecule has 0 aliphatic heterocycles. The molecule has 58 valence electrons. The first-order valence-corrected chi connectivity index (χ1v) is 3.83. The lowest BCUT2D eigenvalue weighted by molar-refractivity contribution is -0.151. The molecule has 2 nitrogen and oxygen atoms in total. The van der Waals surface area contributed by atoms with E-state index in [9.17, 15) is 4.79 Å². The summed E-state index contributed by atoms with van der Waals surface area (Å²) in [4.78, 5) is 11.2. The van der Waals surface area contributed by atoms with E-state index < -0.39 is 0 Å². The van der Waals surface area contributed by atoms with Gasteiger partial charge >= 0.3 is 0 Å². The Labute approximate surface area is 61.6 Å². The smallest absolute Gasteiger partial charge is 0.164 e. The van der Waals surface area contributed by atoms with Gasteiger partial charge in [-0.25, -0.2) is 0 Å². The van der Waals surface area contributed by atoms with Crippen molar-refractivity contribution in [3.05, 3.63) is 0 Å². The minimum absolute atomic E-state index is 0.265. The molecule has 0 unspecified atom stereocenters. The molecule has 0 heterocycles. The molecule has 0 aromatic rings. The molecule has 0 N–H and O–H groups in total. The zero-order valence-corrected chi connectivity index (χ0v) is 6.64. The predicted molar refractivity (Wildman–Crippen MR) is 38.9 cm³/mol. The van der Waals surface area contributed by atoms with E-state index in [1.165, 1.54) is 0 Å². The first-order valence-electron chi connectivity index (χ1n) is 3.83. The molecule has 0 amide bonds. The maximum Gasteiger partial charge on any atom is 0.164 e. The lowest BCUT2D eigenvalue weighted by Crippen LogP contribution is -2.46. The molecule has 0 aromatic heterocycles. The lowest BCUT2D eigenvalue weighted by Gasteiger charge is -2.38. The van der Waals surface area contributed by atoms with Gasteiger partial charge in [-0.1, -0.05) is 6.92 Å². The Bertz CT molecular complexity index is 131. The van der Waals surface area contributed by atoms with Gasteiger partial charge < -0.3 is 4.74 Å².